The summed E-state index contributed by atoms with van der Waals surface area (Å²) in [5, 5.41) is 6.91. The van der Waals surface area contributed by atoms with Crippen molar-refractivity contribution in [2.45, 2.75) is 12.8 Å². The molecule has 3 aromatic rings. The van der Waals surface area contributed by atoms with Gasteiger partial charge in [-0.05, 0) is 61.1 Å². The molecule has 0 radical (unpaired) electrons. The van der Waals surface area contributed by atoms with Crippen molar-refractivity contribution in [2.24, 2.45) is 0 Å². The van der Waals surface area contributed by atoms with Gasteiger partial charge in [-0.15, -0.1) is 11.3 Å². The number of aromatic amines is 1. The Kier molecular flexibility index (Phi) is 4.58. The highest BCUT2D eigenvalue weighted by Gasteiger charge is 2.04. The molecule has 4 heteroatoms. The first-order chi connectivity index (χ1) is 10.4. The Hall–Kier alpha value is -1.78. The van der Waals surface area contributed by atoms with E-state index in [4.69, 9.17) is 4.74 Å². The molecule has 0 fully saturated rings. The van der Waals surface area contributed by atoms with Crippen molar-refractivity contribution in [3.8, 4) is 5.75 Å². The van der Waals surface area contributed by atoms with E-state index in [0.717, 1.165) is 31.7 Å². The Morgan fingerprint density at radius 1 is 1.19 bits per heavy atom. The largest absolute Gasteiger partial charge is 0.497 e. The van der Waals surface area contributed by atoms with E-state index in [2.05, 4.69) is 46.1 Å². The molecular weight excluding hydrogens is 280 g/mol. The van der Waals surface area contributed by atoms with Crippen LogP contribution in [0.5, 0.6) is 5.75 Å². The fraction of sp³-hybridized carbons (Fsp3) is 0.294. The van der Waals surface area contributed by atoms with Crippen LogP contribution < -0.4 is 10.1 Å². The molecule has 2 N–H and O–H groups in total. The van der Waals surface area contributed by atoms with Crippen LogP contribution in [0.4, 0.5) is 0 Å². The van der Waals surface area contributed by atoms with Crippen molar-refractivity contribution >= 4 is 22.2 Å². The molecule has 0 bridgehead atoms. The van der Waals surface area contributed by atoms with Gasteiger partial charge in [0.2, 0.25) is 0 Å². The highest BCUT2D eigenvalue weighted by molar-refractivity contribution is 7.09. The van der Waals surface area contributed by atoms with Crippen LogP contribution in [-0.2, 0) is 12.8 Å². The maximum absolute atomic E-state index is 5.30. The summed E-state index contributed by atoms with van der Waals surface area (Å²) in [6, 6.07) is 10.5. The normalized spacial score (nSPS) is 11.1. The van der Waals surface area contributed by atoms with E-state index < -0.39 is 0 Å². The van der Waals surface area contributed by atoms with Crippen molar-refractivity contribution < 1.29 is 4.74 Å². The van der Waals surface area contributed by atoms with Gasteiger partial charge >= 0.3 is 0 Å². The van der Waals surface area contributed by atoms with Gasteiger partial charge in [0.1, 0.15) is 5.75 Å². The van der Waals surface area contributed by atoms with E-state index in [9.17, 15) is 0 Å². The first-order valence-corrected chi connectivity index (χ1v) is 8.12. The van der Waals surface area contributed by atoms with Gasteiger partial charge in [0, 0.05) is 22.0 Å². The number of fused-ring (bicyclic) bond motifs is 1. The van der Waals surface area contributed by atoms with Crippen LogP contribution in [0.1, 0.15) is 10.4 Å². The Morgan fingerprint density at radius 2 is 2.10 bits per heavy atom. The Balaban J connectivity index is 1.53. The monoisotopic (exact) mass is 300 g/mol. The molecule has 0 aliphatic carbocycles. The minimum Gasteiger partial charge on any atom is -0.497 e. The summed E-state index contributed by atoms with van der Waals surface area (Å²) in [5.41, 5.74) is 2.51. The van der Waals surface area contributed by atoms with Gasteiger partial charge in [0.05, 0.1) is 7.11 Å². The molecule has 0 saturated heterocycles. The number of H-pyrrole nitrogens is 1. The van der Waals surface area contributed by atoms with Gasteiger partial charge in [0.15, 0.2) is 0 Å². The lowest BCUT2D eigenvalue weighted by Crippen LogP contribution is -2.19. The molecule has 3 nitrogen and oxygen atoms in total. The van der Waals surface area contributed by atoms with Crippen LogP contribution in [0.15, 0.2) is 41.9 Å². The smallest absolute Gasteiger partial charge is 0.119 e. The summed E-state index contributed by atoms with van der Waals surface area (Å²) >= 11 is 1.83. The third-order valence-electron chi connectivity index (χ3n) is 3.67. The zero-order chi connectivity index (χ0) is 14.5. The molecule has 0 aliphatic rings. The van der Waals surface area contributed by atoms with Gasteiger partial charge in [0.25, 0.3) is 0 Å². The number of methoxy groups -OCH3 is 1. The molecule has 3 rings (SSSR count). The summed E-state index contributed by atoms with van der Waals surface area (Å²) < 4.78 is 5.30. The number of hydrogen-bond donors (Lipinski definition) is 2. The first-order valence-electron chi connectivity index (χ1n) is 7.24. The SMILES string of the molecule is COc1ccc2[nH]cc(CCNCCc3cccs3)c2c1. The second-order valence-corrected chi connectivity index (χ2v) is 6.09. The summed E-state index contributed by atoms with van der Waals surface area (Å²) in [7, 11) is 1.71. The number of aromatic nitrogens is 1. The minimum absolute atomic E-state index is 0.911. The molecule has 0 saturated carbocycles. The third-order valence-corrected chi connectivity index (χ3v) is 4.61. The highest BCUT2D eigenvalue weighted by atomic mass is 32.1. The van der Waals surface area contributed by atoms with Crippen molar-refractivity contribution in [3.05, 3.63) is 52.3 Å². The lowest BCUT2D eigenvalue weighted by molar-refractivity contribution is 0.415. The zero-order valence-electron chi connectivity index (χ0n) is 12.2. The van der Waals surface area contributed by atoms with Gasteiger partial charge in [-0.2, -0.15) is 0 Å². The number of thiophene rings is 1. The molecule has 0 unspecified atom stereocenters. The average Bonchev–Trinajstić information content (AvgIpc) is 3.16. The van der Waals surface area contributed by atoms with Crippen molar-refractivity contribution in [2.75, 3.05) is 20.2 Å². The quantitative estimate of drug-likeness (QED) is 0.654. The molecule has 0 spiro atoms. The van der Waals surface area contributed by atoms with Gasteiger partial charge in [-0.3, -0.25) is 0 Å². The molecule has 0 atom stereocenters. The third kappa shape index (κ3) is 3.46. The van der Waals surface area contributed by atoms with E-state index >= 15 is 0 Å². The topological polar surface area (TPSA) is 37.0 Å². The molecule has 0 amide bonds. The van der Waals surface area contributed by atoms with Crippen LogP contribution in [0, 0.1) is 0 Å². The van der Waals surface area contributed by atoms with E-state index in [1.807, 2.05) is 17.4 Å². The van der Waals surface area contributed by atoms with Crippen LogP contribution in [0.2, 0.25) is 0 Å². The predicted octanol–water partition coefficient (Wildman–Crippen LogP) is 3.61. The zero-order valence-corrected chi connectivity index (χ0v) is 13.0. The number of hydrogen-bond acceptors (Lipinski definition) is 3. The summed E-state index contributed by atoms with van der Waals surface area (Å²) in [5.74, 6) is 0.911. The Labute approximate surface area is 129 Å². The number of rotatable bonds is 7. The molecule has 110 valence electrons. The van der Waals surface area contributed by atoms with Crippen LogP contribution in [0.25, 0.3) is 10.9 Å². The molecule has 0 aliphatic heterocycles. The molecule has 21 heavy (non-hydrogen) atoms. The van der Waals surface area contributed by atoms with Crippen molar-refractivity contribution in [1.82, 2.24) is 10.3 Å². The fourth-order valence-electron chi connectivity index (χ4n) is 2.51. The molecule has 2 aromatic heterocycles. The van der Waals surface area contributed by atoms with Crippen LogP contribution in [0.3, 0.4) is 0 Å². The fourth-order valence-corrected chi connectivity index (χ4v) is 3.21. The number of ether oxygens (including phenoxy) is 1. The molecule has 2 heterocycles. The lowest BCUT2D eigenvalue weighted by Gasteiger charge is -2.04. The van der Waals surface area contributed by atoms with Crippen molar-refractivity contribution in [3.63, 3.8) is 0 Å². The molecular formula is C17H20N2OS. The summed E-state index contributed by atoms with van der Waals surface area (Å²) in [4.78, 5) is 4.76. The average molecular weight is 300 g/mol. The van der Waals surface area contributed by atoms with E-state index in [1.165, 1.54) is 21.3 Å². The van der Waals surface area contributed by atoms with Crippen LogP contribution in [-0.4, -0.2) is 25.2 Å². The standard InChI is InChI=1S/C17H20N2OS/c1-20-14-4-5-17-16(11-14)13(12-19-17)6-8-18-9-7-15-3-2-10-21-15/h2-5,10-12,18-19H,6-9H2,1H3. The van der Waals surface area contributed by atoms with Crippen LogP contribution >= 0.6 is 11.3 Å². The van der Waals surface area contributed by atoms with E-state index in [-0.39, 0.29) is 0 Å². The van der Waals surface area contributed by atoms with Gasteiger partial charge in [-0.1, -0.05) is 6.07 Å². The van der Waals surface area contributed by atoms with E-state index in [1.54, 1.807) is 7.11 Å². The number of benzene rings is 1. The lowest BCUT2D eigenvalue weighted by atomic mass is 10.1. The minimum atomic E-state index is 0.911. The van der Waals surface area contributed by atoms with Gasteiger partial charge < -0.3 is 15.0 Å². The number of nitrogens with one attached hydrogen (secondary N) is 2. The highest BCUT2D eigenvalue weighted by Crippen LogP contribution is 2.23. The Morgan fingerprint density at radius 3 is 2.90 bits per heavy atom. The first kappa shape index (κ1) is 14.2. The van der Waals surface area contributed by atoms with Crippen molar-refractivity contribution in [1.29, 1.82) is 0 Å². The van der Waals surface area contributed by atoms with E-state index in [0.29, 0.717) is 0 Å². The maximum atomic E-state index is 5.30. The predicted molar refractivity (Wildman–Crippen MR) is 89.4 cm³/mol. The second kappa shape index (κ2) is 6.78. The molecule has 1 aromatic carbocycles. The summed E-state index contributed by atoms with van der Waals surface area (Å²) in [6.45, 7) is 2.03. The Bertz CT molecular complexity index is 688. The summed E-state index contributed by atoms with van der Waals surface area (Å²) in [6.07, 6.45) is 4.24. The second-order valence-electron chi connectivity index (χ2n) is 5.05. The van der Waals surface area contributed by atoms with Gasteiger partial charge in [-0.25, -0.2) is 0 Å². The maximum Gasteiger partial charge on any atom is 0.119 e.